The zero-order valence-electron chi connectivity index (χ0n) is 13.0. The number of carbonyl (C=O) groups excluding carboxylic acids is 2. The van der Waals surface area contributed by atoms with Crippen molar-refractivity contribution in [2.45, 2.75) is 13.5 Å². The van der Waals surface area contributed by atoms with Crippen LogP contribution in [0.2, 0.25) is 0 Å². The van der Waals surface area contributed by atoms with Crippen LogP contribution in [0.4, 0.5) is 0 Å². The van der Waals surface area contributed by atoms with Crippen molar-refractivity contribution in [2.24, 2.45) is 5.73 Å². The van der Waals surface area contributed by atoms with Crippen molar-refractivity contribution < 1.29 is 14.3 Å². The molecule has 0 fully saturated rings. The standard InChI is InChI=1S/C19H19NO3/c1-14(21)10-18(16-7-3-2-4-8-16)17-9-5-6-15(11-17)12-23-13-19(20)22/h2-11H,12-13H2,1H3,(H2,20,22)/b18-10+. The van der Waals surface area contributed by atoms with Crippen LogP contribution in [0.25, 0.3) is 5.57 Å². The zero-order valence-corrected chi connectivity index (χ0v) is 13.0. The van der Waals surface area contributed by atoms with Crippen LogP contribution in [0.1, 0.15) is 23.6 Å². The summed E-state index contributed by atoms with van der Waals surface area (Å²) in [6.07, 6.45) is 1.62. The molecule has 0 saturated heterocycles. The topological polar surface area (TPSA) is 69.4 Å². The van der Waals surface area contributed by atoms with E-state index in [4.69, 9.17) is 10.5 Å². The molecule has 23 heavy (non-hydrogen) atoms. The molecule has 2 aromatic rings. The highest BCUT2D eigenvalue weighted by Crippen LogP contribution is 2.24. The minimum absolute atomic E-state index is 0.0146. The molecule has 1 amide bonds. The third kappa shape index (κ3) is 5.20. The fraction of sp³-hybridized carbons (Fsp3) is 0.158. The molecule has 0 atom stereocenters. The van der Waals surface area contributed by atoms with Gasteiger partial charge >= 0.3 is 0 Å². The fourth-order valence-electron chi connectivity index (χ4n) is 2.25. The molecule has 0 unspecified atom stereocenters. The highest BCUT2D eigenvalue weighted by atomic mass is 16.5. The summed E-state index contributed by atoms with van der Waals surface area (Å²) in [5.41, 5.74) is 8.72. The van der Waals surface area contributed by atoms with Crippen molar-refractivity contribution in [3.05, 3.63) is 77.4 Å². The second-order valence-corrected chi connectivity index (χ2v) is 5.19. The number of allylic oxidation sites excluding steroid dienone is 1. The molecule has 0 aromatic heterocycles. The molecule has 0 spiro atoms. The third-order valence-electron chi connectivity index (χ3n) is 3.18. The van der Waals surface area contributed by atoms with Crippen LogP contribution < -0.4 is 5.73 Å². The van der Waals surface area contributed by atoms with E-state index in [1.165, 1.54) is 6.92 Å². The van der Waals surface area contributed by atoms with Gasteiger partial charge in [-0.05, 0) is 41.3 Å². The Kier molecular flexibility index (Phi) is 5.83. The largest absolute Gasteiger partial charge is 0.368 e. The van der Waals surface area contributed by atoms with Gasteiger partial charge in [0.05, 0.1) is 6.61 Å². The lowest BCUT2D eigenvalue weighted by atomic mass is 9.95. The van der Waals surface area contributed by atoms with Crippen LogP contribution in [0.5, 0.6) is 0 Å². The molecule has 2 rings (SSSR count). The average Bonchev–Trinajstić information content (AvgIpc) is 2.53. The van der Waals surface area contributed by atoms with Gasteiger partial charge in [0.25, 0.3) is 0 Å². The molecule has 2 N–H and O–H groups in total. The van der Waals surface area contributed by atoms with Gasteiger partial charge in [-0.1, -0.05) is 48.5 Å². The summed E-state index contributed by atoms with van der Waals surface area (Å²) in [7, 11) is 0. The summed E-state index contributed by atoms with van der Waals surface area (Å²) in [6, 6.07) is 17.4. The van der Waals surface area contributed by atoms with Crippen LogP contribution in [-0.2, 0) is 20.9 Å². The number of hydrogen-bond acceptors (Lipinski definition) is 3. The van der Waals surface area contributed by atoms with E-state index in [2.05, 4.69) is 0 Å². The van der Waals surface area contributed by atoms with E-state index in [0.717, 1.165) is 22.3 Å². The molecule has 0 aliphatic carbocycles. The molecule has 4 nitrogen and oxygen atoms in total. The zero-order chi connectivity index (χ0) is 16.7. The quantitative estimate of drug-likeness (QED) is 0.799. The van der Waals surface area contributed by atoms with Gasteiger partial charge < -0.3 is 10.5 Å². The number of benzene rings is 2. The Bertz CT molecular complexity index is 720. The Morgan fingerprint density at radius 1 is 1.04 bits per heavy atom. The maximum atomic E-state index is 11.6. The Hall–Kier alpha value is -2.72. The second kappa shape index (κ2) is 8.06. The number of ether oxygens (including phenoxy) is 1. The minimum atomic E-state index is -0.498. The Balaban J connectivity index is 2.29. The molecule has 0 saturated carbocycles. The summed E-state index contributed by atoms with van der Waals surface area (Å²) in [5, 5.41) is 0. The van der Waals surface area contributed by atoms with E-state index in [1.807, 2.05) is 54.6 Å². The number of ketones is 1. The Labute approximate surface area is 135 Å². The number of nitrogens with two attached hydrogens (primary N) is 1. The SMILES string of the molecule is CC(=O)/C=C(\c1ccccc1)c1cccc(COCC(N)=O)c1. The van der Waals surface area contributed by atoms with E-state index in [1.54, 1.807) is 6.08 Å². The van der Waals surface area contributed by atoms with Crippen LogP contribution in [0, 0.1) is 0 Å². The highest BCUT2D eigenvalue weighted by Gasteiger charge is 2.07. The molecule has 0 aliphatic heterocycles. The first kappa shape index (κ1) is 16.6. The first-order valence-corrected chi connectivity index (χ1v) is 7.29. The van der Waals surface area contributed by atoms with Crippen molar-refractivity contribution in [3.63, 3.8) is 0 Å². The average molecular weight is 309 g/mol. The molecule has 2 aromatic carbocycles. The number of amides is 1. The summed E-state index contributed by atoms with van der Waals surface area (Å²) in [5.74, 6) is -0.512. The van der Waals surface area contributed by atoms with Gasteiger partial charge in [-0.25, -0.2) is 0 Å². The molecule has 0 radical (unpaired) electrons. The van der Waals surface area contributed by atoms with Crippen LogP contribution in [-0.4, -0.2) is 18.3 Å². The van der Waals surface area contributed by atoms with Gasteiger partial charge in [-0.2, -0.15) is 0 Å². The molecule has 4 heteroatoms. The van der Waals surface area contributed by atoms with Gasteiger partial charge in [0, 0.05) is 0 Å². The van der Waals surface area contributed by atoms with Gasteiger partial charge in [0.1, 0.15) is 6.61 Å². The van der Waals surface area contributed by atoms with Gasteiger partial charge in [0.2, 0.25) is 5.91 Å². The number of primary amides is 1. The lowest BCUT2D eigenvalue weighted by Gasteiger charge is -2.10. The van der Waals surface area contributed by atoms with E-state index in [9.17, 15) is 9.59 Å². The summed E-state index contributed by atoms with van der Waals surface area (Å²) < 4.78 is 5.24. The van der Waals surface area contributed by atoms with Crippen molar-refractivity contribution in [1.29, 1.82) is 0 Å². The first-order valence-electron chi connectivity index (χ1n) is 7.29. The molecular weight excluding hydrogens is 290 g/mol. The number of carbonyl (C=O) groups is 2. The maximum Gasteiger partial charge on any atom is 0.243 e. The number of rotatable bonds is 7. The van der Waals surface area contributed by atoms with Crippen LogP contribution in [0.15, 0.2) is 60.7 Å². The molecule has 0 bridgehead atoms. The third-order valence-corrected chi connectivity index (χ3v) is 3.18. The smallest absolute Gasteiger partial charge is 0.243 e. The van der Waals surface area contributed by atoms with Gasteiger partial charge in [0.15, 0.2) is 5.78 Å². The van der Waals surface area contributed by atoms with E-state index >= 15 is 0 Å². The predicted molar refractivity (Wildman–Crippen MR) is 89.5 cm³/mol. The van der Waals surface area contributed by atoms with Crippen molar-refractivity contribution in [3.8, 4) is 0 Å². The predicted octanol–water partition coefficient (Wildman–Crippen LogP) is 2.71. The van der Waals surface area contributed by atoms with Crippen molar-refractivity contribution >= 4 is 17.3 Å². The van der Waals surface area contributed by atoms with E-state index in [-0.39, 0.29) is 12.4 Å². The first-order chi connectivity index (χ1) is 11.1. The van der Waals surface area contributed by atoms with E-state index in [0.29, 0.717) is 6.61 Å². The van der Waals surface area contributed by atoms with E-state index < -0.39 is 5.91 Å². The van der Waals surface area contributed by atoms with Crippen LogP contribution >= 0.6 is 0 Å². The number of hydrogen-bond donors (Lipinski definition) is 1. The normalized spacial score (nSPS) is 11.3. The lowest BCUT2D eigenvalue weighted by Crippen LogP contribution is -2.17. The second-order valence-electron chi connectivity index (χ2n) is 5.19. The molecular formula is C19H19NO3. The van der Waals surface area contributed by atoms with Crippen LogP contribution in [0.3, 0.4) is 0 Å². The monoisotopic (exact) mass is 309 g/mol. The van der Waals surface area contributed by atoms with Crippen molar-refractivity contribution in [1.82, 2.24) is 0 Å². The lowest BCUT2D eigenvalue weighted by molar-refractivity contribution is -0.122. The summed E-state index contributed by atoms with van der Waals surface area (Å²) >= 11 is 0. The molecule has 0 aliphatic rings. The highest BCUT2D eigenvalue weighted by molar-refractivity contribution is 5.99. The van der Waals surface area contributed by atoms with Gasteiger partial charge in [-0.15, -0.1) is 0 Å². The summed E-state index contributed by atoms with van der Waals surface area (Å²) in [4.78, 5) is 22.3. The summed E-state index contributed by atoms with van der Waals surface area (Å²) in [6.45, 7) is 1.71. The molecule has 118 valence electrons. The van der Waals surface area contributed by atoms with Gasteiger partial charge in [-0.3, -0.25) is 9.59 Å². The minimum Gasteiger partial charge on any atom is -0.368 e. The fourth-order valence-corrected chi connectivity index (χ4v) is 2.25. The Morgan fingerprint density at radius 2 is 1.74 bits per heavy atom. The molecule has 0 heterocycles. The Morgan fingerprint density at radius 3 is 2.39 bits per heavy atom. The van der Waals surface area contributed by atoms with Crippen molar-refractivity contribution in [2.75, 3.05) is 6.61 Å². The maximum absolute atomic E-state index is 11.6.